The molecule has 0 saturated carbocycles. The molecule has 12 nitrogen and oxygen atoms in total. The molecule has 0 aromatic rings. The van der Waals surface area contributed by atoms with Crippen LogP contribution in [0, 0.1) is 11.8 Å². The Bertz CT molecular complexity index is 684. The summed E-state index contributed by atoms with van der Waals surface area (Å²) in [5.41, 5.74) is 11.4. The third kappa shape index (κ3) is 12.2. The standard InChI is InChI=1S/C21H39N5O7/c1-11(2)9-14(25-20(31)17(23)12(3)4)19(30)24-13(7-5-6-8-22)18(29)26-15(21(32)33)10-16(27)28/h11-15,17H,5-10,22-23H2,1-4H3,(H,24,30)(H,25,31)(H,26,29)(H,27,28)(H,32,33). The van der Waals surface area contributed by atoms with Crippen LogP contribution in [0.3, 0.4) is 0 Å². The fourth-order valence-electron chi connectivity index (χ4n) is 2.95. The van der Waals surface area contributed by atoms with Crippen LogP contribution in [-0.2, 0) is 24.0 Å². The number of unbranched alkanes of at least 4 members (excludes halogenated alkanes) is 1. The summed E-state index contributed by atoms with van der Waals surface area (Å²) in [5.74, 6) is -4.97. The van der Waals surface area contributed by atoms with E-state index >= 15 is 0 Å². The summed E-state index contributed by atoms with van der Waals surface area (Å²) in [7, 11) is 0. The summed E-state index contributed by atoms with van der Waals surface area (Å²) in [6, 6.07) is -4.56. The molecule has 0 aliphatic heterocycles. The molecule has 0 heterocycles. The van der Waals surface area contributed by atoms with Crippen molar-refractivity contribution in [2.24, 2.45) is 23.3 Å². The molecule has 0 radical (unpaired) electrons. The highest BCUT2D eigenvalue weighted by Gasteiger charge is 2.31. The maximum Gasteiger partial charge on any atom is 0.326 e. The summed E-state index contributed by atoms with van der Waals surface area (Å²) in [4.78, 5) is 60.3. The molecule has 0 aromatic carbocycles. The van der Waals surface area contributed by atoms with Gasteiger partial charge in [0.05, 0.1) is 12.5 Å². The lowest BCUT2D eigenvalue weighted by molar-refractivity contribution is -0.147. The van der Waals surface area contributed by atoms with Gasteiger partial charge in [0.1, 0.15) is 18.1 Å². The van der Waals surface area contributed by atoms with Crippen LogP contribution in [0.25, 0.3) is 0 Å². The zero-order valence-electron chi connectivity index (χ0n) is 19.8. The normalized spacial score (nSPS) is 14.8. The summed E-state index contributed by atoms with van der Waals surface area (Å²) in [5, 5.41) is 25.4. The van der Waals surface area contributed by atoms with Crippen LogP contribution in [-0.4, -0.2) is 70.6 Å². The maximum atomic E-state index is 13.0. The predicted octanol–water partition coefficient (Wildman–Crippen LogP) is -0.841. The predicted molar refractivity (Wildman–Crippen MR) is 121 cm³/mol. The van der Waals surface area contributed by atoms with Gasteiger partial charge in [-0.2, -0.15) is 0 Å². The maximum absolute atomic E-state index is 13.0. The molecule has 0 bridgehead atoms. The van der Waals surface area contributed by atoms with Crippen molar-refractivity contribution in [3.8, 4) is 0 Å². The molecule has 9 N–H and O–H groups in total. The molecular formula is C21H39N5O7. The Hall–Kier alpha value is -2.73. The third-order valence-corrected chi connectivity index (χ3v) is 4.93. The number of hydrogen-bond acceptors (Lipinski definition) is 7. The number of nitrogens with one attached hydrogen (secondary N) is 3. The Morgan fingerprint density at radius 3 is 1.76 bits per heavy atom. The quantitative estimate of drug-likeness (QED) is 0.139. The molecule has 0 fully saturated rings. The highest BCUT2D eigenvalue weighted by Crippen LogP contribution is 2.09. The number of carbonyl (C=O) groups excluding carboxylic acids is 3. The molecule has 33 heavy (non-hydrogen) atoms. The Morgan fingerprint density at radius 1 is 0.788 bits per heavy atom. The number of carboxylic acid groups (broad SMARTS) is 2. The first-order valence-corrected chi connectivity index (χ1v) is 11.1. The van der Waals surface area contributed by atoms with E-state index in [2.05, 4.69) is 16.0 Å². The van der Waals surface area contributed by atoms with Gasteiger partial charge < -0.3 is 37.6 Å². The molecular weight excluding hydrogens is 434 g/mol. The number of nitrogens with two attached hydrogens (primary N) is 2. The number of aliphatic carboxylic acids is 2. The number of rotatable bonds is 16. The van der Waals surface area contributed by atoms with Gasteiger partial charge in [-0.25, -0.2) is 4.79 Å². The number of carboxylic acids is 2. The lowest BCUT2D eigenvalue weighted by atomic mass is 9.99. The van der Waals surface area contributed by atoms with E-state index in [-0.39, 0.29) is 24.7 Å². The molecule has 12 heteroatoms. The Balaban J connectivity index is 5.54. The van der Waals surface area contributed by atoms with Crippen LogP contribution < -0.4 is 27.4 Å². The zero-order valence-corrected chi connectivity index (χ0v) is 19.8. The first-order chi connectivity index (χ1) is 15.3. The number of hydrogen-bond donors (Lipinski definition) is 7. The van der Waals surface area contributed by atoms with E-state index < -0.39 is 60.2 Å². The monoisotopic (exact) mass is 473 g/mol. The van der Waals surface area contributed by atoms with Crippen LogP contribution in [0.4, 0.5) is 0 Å². The van der Waals surface area contributed by atoms with E-state index in [4.69, 9.17) is 16.6 Å². The van der Waals surface area contributed by atoms with Crippen molar-refractivity contribution in [1.29, 1.82) is 0 Å². The van der Waals surface area contributed by atoms with Crippen LogP contribution in [0.15, 0.2) is 0 Å². The Labute approximate surface area is 194 Å². The topological polar surface area (TPSA) is 214 Å². The van der Waals surface area contributed by atoms with E-state index in [1.807, 2.05) is 13.8 Å². The smallest absolute Gasteiger partial charge is 0.326 e. The molecule has 0 saturated heterocycles. The van der Waals surface area contributed by atoms with Gasteiger partial charge in [-0.3, -0.25) is 19.2 Å². The van der Waals surface area contributed by atoms with Crippen molar-refractivity contribution in [1.82, 2.24) is 16.0 Å². The van der Waals surface area contributed by atoms with Gasteiger partial charge in [0.15, 0.2) is 0 Å². The lowest BCUT2D eigenvalue weighted by Crippen LogP contribution is -2.57. The van der Waals surface area contributed by atoms with Crippen molar-refractivity contribution in [2.45, 2.75) is 84.0 Å². The van der Waals surface area contributed by atoms with E-state index in [0.717, 1.165) is 0 Å². The minimum Gasteiger partial charge on any atom is -0.481 e. The molecule has 0 spiro atoms. The van der Waals surface area contributed by atoms with E-state index in [0.29, 0.717) is 19.4 Å². The first-order valence-electron chi connectivity index (χ1n) is 11.1. The summed E-state index contributed by atoms with van der Waals surface area (Å²) >= 11 is 0. The van der Waals surface area contributed by atoms with Crippen molar-refractivity contribution in [3.63, 3.8) is 0 Å². The van der Waals surface area contributed by atoms with E-state index in [1.165, 1.54) is 0 Å². The highest BCUT2D eigenvalue weighted by molar-refractivity contribution is 5.94. The summed E-state index contributed by atoms with van der Waals surface area (Å²) < 4.78 is 0. The van der Waals surface area contributed by atoms with Crippen LogP contribution in [0.5, 0.6) is 0 Å². The average molecular weight is 474 g/mol. The van der Waals surface area contributed by atoms with E-state index in [1.54, 1.807) is 13.8 Å². The molecule has 4 atom stereocenters. The molecule has 0 aromatic heterocycles. The highest BCUT2D eigenvalue weighted by atomic mass is 16.4. The minimum atomic E-state index is -1.65. The summed E-state index contributed by atoms with van der Waals surface area (Å²) in [6.07, 6.45) is 0.652. The van der Waals surface area contributed by atoms with Gasteiger partial charge in [-0.1, -0.05) is 27.7 Å². The number of carbonyl (C=O) groups is 5. The van der Waals surface area contributed by atoms with Crippen molar-refractivity contribution in [3.05, 3.63) is 0 Å². The van der Waals surface area contributed by atoms with Gasteiger partial charge in [-0.05, 0) is 44.1 Å². The minimum absolute atomic E-state index is 0.0350. The number of amides is 3. The molecule has 0 aliphatic rings. The van der Waals surface area contributed by atoms with Gasteiger partial charge in [0.25, 0.3) is 0 Å². The fraction of sp³-hybridized carbons (Fsp3) is 0.762. The van der Waals surface area contributed by atoms with Crippen molar-refractivity contribution in [2.75, 3.05) is 6.54 Å². The second-order valence-corrected chi connectivity index (χ2v) is 8.80. The largest absolute Gasteiger partial charge is 0.481 e. The first kappa shape index (κ1) is 30.3. The van der Waals surface area contributed by atoms with Crippen molar-refractivity contribution >= 4 is 29.7 Å². The Morgan fingerprint density at radius 2 is 1.30 bits per heavy atom. The van der Waals surface area contributed by atoms with Crippen LogP contribution in [0.2, 0.25) is 0 Å². The molecule has 0 rings (SSSR count). The average Bonchev–Trinajstić information content (AvgIpc) is 2.70. The summed E-state index contributed by atoms with van der Waals surface area (Å²) in [6.45, 7) is 7.64. The molecule has 0 aliphatic carbocycles. The Kier molecular flexibility index (Phi) is 13.9. The molecule has 3 amide bonds. The second kappa shape index (κ2) is 15.2. The second-order valence-electron chi connectivity index (χ2n) is 8.80. The van der Waals surface area contributed by atoms with Gasteiger partial charge in [0, 0.05) is 0 Å². The third-order valence-electron chi connectivity index (χ3n) is 4.93. The van der Waals surface area contributed by atoms with Crippen LogP contribution in [0.1, 0.15) is 59.8 Å². The van der Waals surface area contributed by atoms with E-state index in [9.17, 15) is 29.1 Å². The SMILES string of the molecule is CC(C)CC(NC(=O)C(N)C(C)C)C(=O)NC(CCCCN)C(=O)NC(CC(=O)O)C(=O)O. The van der Waals surface area contributed by atoms with Gasteiger partial charge >= 0.3 is 11.9 Å². The van der Waals surface area contributed by atoms with Crippen molar-refractivity contribution < 1.29 is 34.2 Å². The zero-order chi connectivity index (χ0) is 25.7. The molecule has 4 unspecified atom stereocenters. The van der Waals surface area contributed by atoms with Crippen LogP contribution >= 0.6 is 0 Å². The fourth-order valence-corrected chi connectivity index (χ4v) is 2.95. The lowest BCUT2D eigenvalue weighted by Gasteiger charge is -2.26. The van der Waals surface area contributed by atoms with Gasteiger partial charge in [-0.15, -0.1) is 0 Å². The van der Waals surface area contributed by atoms with Gasteiger partial charge in [0.2, 0.25) is 17.7 Å². The molecule has 190 valence electrons.